The molecule has 0 aliphatic carbocycles. The zero-order chi connectivity index (χ0) is 16.3. The molecule has 116 valence electrons. The van der Waals surface area contributed by atoms with Crippen molar-refractivity contribution in [1.29, 1.82) is 0 Å². The van der Waals surface area contributed by atoms with Crippen molar-refractivity contribution in [3.05, 3.63) is 51.1 Å². The lowest BCUT2D eigenvalue weighted by Gasteiger charge is -2.12. The van der Waals surface area contributed by atoms with Crippen LogP contribution in [0, 0.1) is 15.2 Å². The Kier molecular flexibility index (Phi) is 5.17. The minimum absolute atomic E-state index is 0.100. The molecule has 0 saturated carbocycles. The average Bonchev–Trinajstić information content (AvgIpc) is 2.49. The minimum Gasteiger partial charge on any atom is -0.493 e. The normalized spacial score (nSPS) is 10.2. The Bertz CT molecular complexity index is 722. The molecule has 0 atom stereocenters. The van der Waals surface area contributed by atoms with Gasteiger partial charge in [0.05, 0.1) is 25.5 Å². The zero-order valence-electron chi connectivity index (χ0n) is 11.7. The average molecular weight is 419 g/mol. The smallest absolute Gasteiger partial charge is 0.256 e. The Labute approximate surface area is 139 Å². The van der Waals surface area contributed by atoms with E-state index in [9.17, 15) is 13.6 Å². The second kappa shape index (κ2) is 6.91. The summed E-state index contributed by atoms with van der Waals surface area (Å²) in [6.45, 7) is 0. The lowest BCUT2D eigenvalue weighted by molar-refractivity contribution is 0.102. The van der Waals surface area contributed by atoms with Crippen LogP contribution in [0.2, 0.25) is 0 Å². The van der Waals surface area contributed by atoms with Crippen molar-refractivity contribution in [2.45, 2.75) is 0 Å². The van der Waals surface area contributed by atoms with Gasteiger partial charge in [-0.3, -0.25) is 4.79 Å². The van der Waals surface area contributed by atoms with Gasteiger partial charge in [-0.25, -0.2) is 8.78 Å². The Hall–Kier alpha value is -1.90. The number of anilines is 1. The van der Waals surface area contributed by atoms with Crippen LogP contribution in [0.3, 0.4) is 0 Å². The lowest BCUT2D eigenvalue weighted by Crippen LogP contribution is -2.15. The monoisotopic (exact) mass is 419 g/mol. The Morgan fingerprint density at radius 2 is 1.73 bits per heavy atom. The topological polar surface area (TPSA) is 47.6 Å². The molecule has 2 aromatic rings. The Morgan fingerprint density at radius 3 is 2.32 bits per heavy atom. The van der Waals surface area contributed by atoms with Crippen LogP contribution in [0.15, 0.2) is 30.3 Å². The summed E-state index contributed by atoms with van der Waals surface area (Å²) in [5.41, 5.74) is 0.193. The summed E-state index contributed by atoms with van der Waals surface area (Å²) in [5.74, 6) is -1.22. The van der Waals surface area contributed by atoms with Crippen molar-refractivity contribution in [3.63, 3.8) is 0 Å². The van der Waals surface area contributed by atoms with E-state index in [1.54, 1.807) is 6.07 Å². The fourth-order valence-electron chi connectivity index (χ4n) is 1.81. The third kappa shape index (κ3) is 3.46. The molecule has 22 heavy (non-hydrogen) atoms. The van der Waals surface area contributed by atoms with E-state index in [0.29, 0.717) is 26.7 Å². The molecule has 0 spiro atoms. The number of carbonyl (C=O) groups excluding carboxylic acids is 1. The van der Waals surface area contributed by atoms with Gasteiger partial charge in [0.1, 0.15) is 11.6 Å². The summed E-state index contributed by atoms with van der Waals surface area (Å²) in [4.78, 5) is 12.3. The minimum atomic E-state index is -0.844. The molecule has 0 saturated heterocycles. The summed E-state index contributed by atoms with van der Waals surface area (Å²) in [6, 6.07) is 6.07. The van der Waals surface area contributed by atoms with Crippen LogP contribution < -0.4 is 14.8 Å². The predicted octanol–water partition coefficient (Wildman–Crippen LogP) is 3.84. The molecule has 7 heteroatoms. The van der Waals surface area contributed by atoms with Crippen molar-refractivity contribution in [2.75, 3.05) is 19.5 Å². The maximum absolute atomic E-state index is 13.6. The predicted molar refractivity (Wildman–Crippen MR) is 86.6 cm³/mol. The van der Waals surface area contributed by atoms with Crippen LogP contribution in [0.25, 0.3) is 0 Å². The first-order valence-electron chi connectivity index (χ1n) is 6.14. The number of methoxy groups -OCH3 is 2. The third-order valence-electron chi connectivity index (χ3n) is 2.90. The van der Waals surface area contributed by atoms with Crippen molar-refractivity contribution < 1.29 is 23.0 Å². The molecule has 0 heterocycles. The van der Waals surface area contributed by atoms with E-state index in [1.165, 1.54) is 20.3 Å². The highest BCUT2D eigenvalue weighted by molar-refractivity contribution is 14.1. The fraction of sp³-hybridized carbons (Fsp3) is 0.133. The second-order valence-electron chi connectivity index (χ2n) is 4.27. The number of nitrogens with one attached hydrogen (secondary N) is 1. The van der Waals surface area contributed by atoms with Crippen molar-refractivity contribution in [2.24, 2.45) is 0 Å². The molecule has 0 aliphatic heterocycles. The van der Waals surface area contributed by atoms with Crippen molar-refractivity contribution >= 4 is 34.2 Å². The van der Waals surface area contributed by atoms with Gasteiger partial charge in [-0.05, 0) is 46.9 Å². The first-order valence-corrected chi connectivity index (χ1v) is 7.22. The van der Waals surface area contributed by atoms with E-state index >= 15 is 0 Å². The summed E-state index contributed by atoms with van der Waals surface area (Å²) < 4.78 is 37.3. The van der Waals surface area contributed by atoms with Crippen LogP contribution in [-0.2, 0) is 0 Å². The van der Waals surface area contributed by atoms with Gasteiger partial charge in [-0.15, -0.1) is 0 Å². The number of hydrogen-bond acceptors (Lipinski definition) is 3. The van der Waals surface area contributed by atoms with E-state index in [-0.39, 0.29) is 5.69 Å². The van der Waals surface area contributed by atoms with E-state index in [4.69, 9.17) is 9.47 Å². The van der Waals surface area contributed by atoms with Crippen molar-refractivity contribution in [1.82, 2.24) is 0 Å². The second-order valence-corrected chi connectivity index (χ2v) is 5.43. The van der Waals surface area contributed by atoms with Crippen LogP contribution in [0.4, 0.5) is 14.5 Å². The number of benzene rings is 2. The van der Waals surface area contributed by atoms with Gasteiger partial charge in [0.25, 0.3) is 5.91 Å². The van der Waals surface area contributed by atoms with E-state index in [0.717, 1.165) is 12.1 Å². The number of hydrogen-bond donors (Lipinski definition) is 1. The molecule has 4 nitrogen and oxygen atoms in total. The van der Waals surface area contributed by atoms with Crippen LogP contribution >= 0.6 is 22.6 Å². The Morgan fingerprint density at radius 1 is 1.09 bits per heavy atom. The number of halogens is 3. The van der Waals surface area contributed by atoms with Crippen LogP contribution in [-0.4, -0.2) is 20.1 Å². The maximum atomic E-state index is 13.6. The van der Waals surface area contributed by atoms with Gasteiger partial charge in [-0.2, -0.15) is 0 Å². The molecular formula is C15H12F2INO3. The SMILES string of the molecule is COc1cc(I)c(C(=O)Nc2ccc(F)cc2F)cc1OC. The van der Waals surface area contributed by atoms with Gasteiger partial charge >= 0.3 is 0 Å². The molecule has 0 radical (unpaired) electrons. The number of amides is 1. The van der Waals surface area contributed by atoms with E-state index in [1.807, 2.05) is 22.6 Å². The van der Waals surface area contributed by atoms with Gasteiger partial charge < -0.3 is 14.8 Å². The largest absolute Gasteiger partial charge is 0.493 e. The molecule has 2 rings (SSSR count). The fourth-order valence-corrected chi connectivity index (χ4v) is 2.49. The van der Waals surface area contributed by atoms with Gasteiger partial charge in [0.15, 0.2) is 11.5 Å². The standard InChI is InChI=1S/C15H12F2INO3/c1-21-13-6-9(11(18)7-14(13)22-2)15(20)19-12-4-3-8(16)5-10(12)17/h3-7H,1-2H3,(H,19,20). The van der Waals surface area contributed by atoms with Crippen molar-refractivity contribution in [3.8, 4) is 11.5 Å². The third-order valence-corrected chi connectivity index (χ3v) is 3.79. The first kappa shape index (κ1) is 16.5. The van der Waals surface area contributed by atoms with Crippen LogP contribution in [0.5, 0.6) is 11.5 Å². The summed E-state index contributed by atoms with van der Waals surface area (Å²) >= 11 is 1.96. The zero-order valence-corrected chi connectivity index (χ0v) is 13.9. The van der Waals surface area contributed by atoms with Gasteiger partial charge in [-0.1, -0.05) is 0 Å². The number of rotatable bonds is 4. The summed E-state index contributed by atoms with van der Waals surface area (Å²) in [6.07, 6.45) is 0. The van der Waals surface area contributed by atoms with Crippen LogP contribution in [0.1, 0.15) is 10.4 Å². The quantitative estimate of drug-likeness (QED) is 0.767. The van der Waals surface area contributed by atoms with E-state index in [2.05, 4.69) is 5.32 Å². The number of carbonyl (C=O) groups is 1. The van der Waals surface area contributed by atoms with Gasteiger partial charge in [0, 0.05) is 9.64 Å². The van der Waals surface area contributed by atoms with Gasteiger partial charge in [0.2, 0.25) is 0 Å². The molecule has 0 bridgehead atoms. The highest BCUT2D eigenvalue weighted by Gasteiger charge is 2.17. The molecule has 0 aliphatic rings. The first-order chi connectivity index (χ1) is 10.5. The lowest BCUT2D eigenvalue weighted by atomic mass is 10.1. The maximum Gasteiger partial charge on any atom is 0.256 e. The molecule has 0 aromatic heterocycles. The molecular weight excluding hydrogens is 407 g/mol. The molecule has 1 amide bonds. The Balaban J connectivity index is 2.33. The number of ether oxygens (including phenoxy) is 2. The summed E-state index contributed by atoms with van der Waals surface area (Å²) in [5, 5.41) is 2.40. The summed E-state index contributed by atoms with van der Waals surface area (Å²) in [7, 11) is 2.94. The van der Waals surface area contributed by atoms with E-state index < -0.39 is 17.5 Å². The highest BCUT2D eigenvalue weighted by atomic mass is 127. The molecule has 1 N–H and O–H groups in total. The molecule has 2 aromatic carbocycles. The molecule has 0 fully saturated rings. The highest BCUT2D eigenvalue weighted by Crippen LogP contribution is 2.31. The molecule has 0 unspecified atom stereocenters.